The van der Waals surface area contributed by atoms with E-state index < -0.39 is 0 Å². The summed E-state index contributed by atoms with van der Waals surface area (Å²) < 4.78 is 1.02. The molecule has 1 aliphatic rings. The molecule has 0 unspecified atom stereocenters. The number of thiazole rings is 1. The van der Waals surface area contributed by atoms with E-state index >= 15 is 0 Å². The number of aliphatic hydroxyl groups excluding tert-OH is 1. The number of anilines is 1. The molecule has 0 fully saturated rings. The number of amidine groups is 1. The van der Waals surface area contributed by atoms with E-state index in [1.165, 1.54) is 11.3 Å². The van der Waals surface area contributed by atoms with E-state index in [1.807, 2.05) is 36.4 Å². The molecular weight excluding hydrogens is 422 g/mol. The van der Waals surface area contributed by atoms with Gasteiger partial charge in [0, 0.05) is 24.3 Å². The molecule has 1 amide bonds. The van der Waals surface area contributed by atoms with Gasteiger partial charge in [-0.2, -0.15) is 0 Å². The highest BCUT2D eigenvalue weighted by molar-refractivity contribution is 7.19. The van der Waals surface area contributed by atoms with Gasteiger partial charge < -0.3 is 20.2 Å². The number of hydrogen-bond donors (Lipinski definition) is 3. The number of benzene rings is 2. The normalized spacial score (nSPS) is 14.1. The van der Waals surface area contributed by atoms with E-state index in [0.29, 0.717) is 22.7 Å². The fraction of sp³-hybridized carbons (Fsp3) is 0.292. The fourth-order valence-corrected chi connectivity index (χ4v) is 4.80. The SMILES string of the molecule is CCN(CC)CCNC(=O)c1ccc(N2CC(O)=C(c3nc4ccccc4s3)C2=N)cc1. The number of aliphatic hydroxyl groups is 1. The monoisotopic (exact) mass is 449 g/mol. The van der Waals surface area contributed by atoms with Crippen LogP contribution in [0.4, 0.5) is 5.69 Å². The van der Waals surface area contributed by atoms with Crippen molar-refractivity contribution in [2.45, 2.75) is 13.8 Å². The molecule has 2 aromatic carbocycles. The molecule has 32 heavy (non-hydrogen) atoms. The maximum atomic E-state index is 12.4. The topological polar surface area (TPSA) is 92.6 Å². The van der Waals surface area contributed by atoms with Crippen molar-refractivity contribution in [2.75, 3.05) is 37.6 Å². The first kappa shape index (κ1) is 22.0. The van der Waals surface area contributed by atoms with Crippen molar-refractivity contribution in [3.8, 4) is 0 Å². The Morgan fingerprint density at radius 3 is 2.59 bits per heavy atom. The fourth-order valence-electron chi connectivity index (χ4n) is 3.77. The maximum absolute atomic E-state index is 12.4. The number of carbonyl (C=O) groups excluding carboxylic acids is 1. The average Bonchev–Trinajstić information content (AvgIpc) is 3.36. The third-order valence-corrected chi connectivity index (χ3v) is 6.71. The molecule has 0 saturated carbocycles. The summed E-state index contributed by atoms with van der Waals surface area (Å²) in [7, 11) is 0. The van der Waals surface area contributed by atoms with Gasteiger partial charge in [0.25, 0.3) is 5.91 Å². The lowest BCUT2D eigenvalue weighted by atomic mass is 10.1. The minimum Gasteiger partial charge on any atom is -0.510 e. The van der Waals surface area contributed by atoms with Crippen molar-refractivity contribution in [1.29, 1.82) is 5.41 Å². The van der Waals surface area contributed by atoms with E-state index in [2.05, 4.69) is 29.0 Å². The highest BCUT2D eigenvalue weighted by atomic mass is 32.1. The third kappa shape index (κ3) is 4.37. The Morgan fingerprint density at radius 2 is 1.91 bits per heavy atom. The first-order valence-electron chi connectivity index (χ1n) is 10.8. The summed E-state index contributed by atoms with van der Waals surface area (Å²) in [5.41, 5.74) is 2.64. The van der Waals surface area contributed by atoms with Crippen LogP contribution in [0.1, 0.15) is 29.2 Å². The van der Waals surface area contributed by atoms with Crippen LogP contribution in [0.25, 0.3) is 15.8 Å². The molecule has 2 heterocycles. The first-order chi connectivity index (χ1) is 15.5. The molecule has 0 atom stereocenters. The van der Waals surface area contributed by atoms with Gasteiger partial charge in [-0.3, -0.25) is 10.2 Å². The molecule has 7 nitrogen and oxygen atoms in total. The molecule has 0 spiro atoms. The molecule has 0 aliphatic carbocycles. The zero-order valence-corrected chi connectivity index (χ0v) is 19.1. The van der Waals surface area contributed by atoms with E-state index in [9.17, 15) is 9.90 Å². The molecule has 0 saturated heterocycles. The highest BCUT2D eigenvalue weighted by Gasteiger charge is 2.31. The summed E-state index contributed by atoms with van der Waals surface area (Å²) in [6.45, 7) is 7.76. The summed E-state index contributed by atoms with van der Waals surface area (Å²) in [5, 5.41) is 22.8. The van der Waals surface area contributed by atoms with Gasteiger partial charge in [-0.1, -0.05) is 26.0 Å². The zero-order chi connectivity index (χ0) is 22.7. The standard InChI is InChI=1S/C24H27N5O2S/c1-3-28(4-2)14-13-26-23(31)16-9-11-17(12-10-16)29-15-19(30)21(22(29)25)24-27-18-7-5-6-8-20(18)32-24/h5-12,25,30H,3-4,13-15H2,1-2H3,(H,26,31). The van der Waals surface area contributed by atoms with Crippen molar-refractivity contribution in [3.63, 3.8) is 0 Å². The summed E-state index contributed by atoms with van der Waals surface area (Å²) >= 11 is 1.47. The van der Waals surface area contributed by atoms with E-state index in [-0.39, 0.29) is 24.0 Å². The molecule has 0 radical (unpaired) electrons. The molecule has 8 heteroatoms. The number of hydrogen-bond acceptors (Lipinski definition) is 6. The first-order valence-corrected chi connectivity index (χ1v) is 11.6. The van der Waals surface area contributed by atoms with Gasteiger partial charge in [0.15, 0.2) is 0 Å². The van der Waals surface area contributed by atoms with E-state index in [4.69, 9.17) is 5.41 Å². The molecule has 3 aromatic rings. The molecular formula is C24H27N5O2S. The lowest BCUT2D eigenvalue weighted by Crippen LogP contribution is -2.34. The Bertz CT molecular complexity index is 1130. The van der Waals surface area contributed by atoms with Gasteiger partial charge in [-0.15, -0.1) is 11.3 Å². The predicted molar refractivity (Wildman–Crippen MR) is 131 cm³/mol. The van der Waals surface area contributed by atoms with Crippen LogP contribution >= 0.6 is 11.3 Å². The quantitative estimate of drug-likeness (QED) is 0.481. The minimum absolute atomic E-state index is 0.114. The van der Waals surface area contributed by atoms with Crippen LogP contribution in [0.15, 0.2) is 54.3 Å². The van der Waals surface area contributed by atoms with E-state index in [1.54, 1.807) is 17.0 Å². The molecule has 1 aromatic heterocycles. The van der Waals surface area contributed by atoms with Crippen LogP contribution in [-0.4, -0.2) is 59.5 Å². The van der Waals surface area contributed by atoms with Crippen molar-refractivity contribution < 1.29 is 9.90 Å². The molecule has 166 valence electrons. The van der Waals surface area contributed by atoms with Crippen LogP contribution in [0, 0.1) is 5.41 Å². The smallest absolute Gasteiger partial charge is 0.251 e. The average molecular weight is 450 g/mol. The third-order valence-electron chi connectivity index (χ3n) is 5.66. The van der Waals surface area contributed by atoms with Gasteiger partial charge in [0.05, 0.1) is 22.3 Å². The number of likely N-dealkylation sites (N-methyl/N-ethyl adjacent to an activating group) is 1. The van der Waals surface area contributed by atoms with Crippen LogP contribution in [0.5, 0.6) is 0 Å². The van der Waals surface area contributed by atoms with Crippen molar-refractivity contribution in [1.82, 2.24) is 15.2 Å². The summed E-state index contributed by atoms with van der Waals surface area (Å²) in [6, 6.07) is 14.9. The number of aromatic nitrogens is 1. The Labute approximate surface area is 191 Å². The lowest BCUT2D eigenvalue weighted by molar-refractivity contribution is 0.0949. The minimum atomic E-state index is -0.114. The van der Waals surface area contributed by atoms with Gasteiger partial charge in [-0.25, -0.2) is 4.98 Å². The molecule has 4 rings (SSSR count). The van der Waals surface area contributed by atoms with Crippen LogP contribution in [0.3, 0.4) is 0 Å². The Kier molecular flexibility index (Phi) is 6.53. The number of amides is 1. The lowest BCUT2D eigenvalue weighted by Gasteiger charge is -2.19. The predicted octanol–water partition coefficient (Wildman–Crippen LogP) is 4.13. The van der Waals surface area contributed by atoms with Crippen LogP contribution in [0.2, 0.25) is 0 Å². The van der Waals surface area contributed by atoms with Gasteiger partial charge >= 0.3 is 0 Å². The molecule has 3 N–H and O–H groups in total. The van der Waals surface area contributed by atoms with Gasteiger partial charge in [0.1, 0.15) is 16.6 Å². The summed E-state index contributed by atoms with van der Waals surface area (Å²) in [4.78, 5) is 21.0. The largest absolute Gasteiger partial charge is 0.510 e. The molecule has 0 bridgehead atoms. The van der Waals surface area contributed by atoms with Crippen molar-refractivity contribution in [2.24, 2.45) is 0 Å². The highest BCUT2D eigenvalue weighted by Crippen LogP contribution is 2.35. The van der Waals surface area contributed by atoms with Crippen LogP contribution < -0.4 is 10.2 Å². The number of nitrogens with one attached hydrogen (secondary N) is 2. The summed E-state index contributed by atoms with van der Waals surface area (Å²) in [5.74, 6) is 0.224. The molecule has 1 aliphatic heterocycles. The Morgan fingerprint density at radius 1 is 1.19 bits per heavy atom. The number of fused-ring (bicyclic) bond motifs is 1. The second-order valence-electron chi connectivity index (χ2n) is 7.57. The number of carbonyl (C=O) groups is 1. The van der Waals surface area contributed by atoms with Gasteiger partial charge in [-0.05, 0) is 49.5 Å². The number of rotatable bonds is 8. The maximum Gasteiger partial charge on any atom is 0.251 e. The zero-order valence-electron chi connectivity index (χ0n) is 18.3. The number of para-hydroxylation sites is 1. The summed E-state index contributed by atoms with van der Waals surface area (Å²) in [6.07, 6.45) is 0. The Balaban J connectivity index is 1.43. The van der Waals surface area contributed by atoms with E-state index in [0.717, 1.165) is 35.5 Å². The second kappa shape index (κ2) is 9.50. The van der Waals surface area contributed by atoms with Crippen molar-refractivity contribution >= 4 is 44.6 Å². The van der Waals surface area contributed by atoms with Crippen molar-refractivity contribution in [3.05, 3.63) is 64.9 Å². The number of nitrogens with zero attached hydrogens (tertiary/aromatic N) is 3. The van der Waals surface area contributed by atoms with Gasteiger partial charge in [0.2, 0.25) is 0 Å². The second-order valence-corrected chi connectivity index (χ2v) is 8.60. The Hall–Kier alpha value is -3.23. The van der Waals surface area contributed by atoms with Crippen LogP contribution in [-0.2, 0) is 0 Å².